The lowest BCUT2D eigenvalue weighted by atomic mass is 10.0. The third kappa shape index (κ3) is 5.99. The Kier molecular flexibility index (Phi) is 7.27. The van der Waals surface area contributed by atoms with E-state index in [9.17, 15) is 14.0 Å². The van der Waals surface area contributed by atoms with Gasteiger partial charge in [-0.3, -0.25) is 9.59 Å². The van der Waals surface area contributed by atoms with Crippen LogP contribution in [0.25, 0.3) is 0 Å². The molecular weight excluding hydrogens is 313 g/mol. The number of nitrogens with one attached hydrogen (secondary N) is 1. The quantitative estimate of drug-likeness (QED) is 0.768. The third-order valence-corrected chi connectivity index (χ3v) is 3.44. The second kappa shape index (κ2) is 8.70. The van der Waals surface area contributed by atoms with Gasteiger partial charge in [-0.05, 0) is 31.0 Å². The summed E-state index contributed by atoms with van der Waals surface area (Å²) >= 11 is 5.60. The molecule has 1 aromatic carbocycles. The van der Waals surface area contributed by atoms with E-state index in [1.807, 2.05) is 13.8 Å². The summed E-state index contributed by atoms with van der Waals surface area (Å²) in [5, 5.41) is 11.4. The molecule has 122 valence electrons. The van der Waals surface area contributed by atoms with E-state index in [-0.39, 0.29) is 24.2 Å². The van der Waals surface area contributed by atoms with E-state index in [4.69, 9.17) is 21.4 Å². The monoisotopic (exact) mass is 331 g/mol. The molecule has 1 rings (SSSR count). The van der Waals surface area contributed by atoms with E-state index >= 15 is 0 Å². The molecule has 0 bridgehead atoms. The number of carboxylic acids is 1. The Balaban J connectivity index is 2.78. The van der Waals surface area contributed by atoms with Gasteiger partial charge in [0.05, 0.1) is 23.6 Å². The maximum atomic E-state index is 13.5. The summed E-state index contributed by atoms with van der Waals surface area (Å²) in [5.74, 6) is -2.23. The summed E-state index contributed by atoms with van der Waals surface area (Å²) in [6, 6.07) is 3.07. The molecule has 1 amide bonds. The van der Waals surface area contributed by atoms with Crippen molar-refractivity contribution in [2.75, 3.05) is 6.61 Å². The van der Waals surface area contributed by atoms with Gasteiger partial charge < -0.3 is 15.2 Å². The zero-order valence-corrected chi connectivity index (χ0v) is 13.2. The lowest BCUT2D eigenvalue weighted by Crippen LogP contribution is -2.34. The molecule has 0 fully saturated rings. The van der Waals surface area contributed by atoms with Crippen molar-refractivity contribution in [3.05, 3.63) is 34.6 Å². The smallest absolute Gasteiger partial charge is 0.305 e. The third-order valence-electron chi connectivity index (χ3n) is 3.13. The number of carbonyl (C=O) groups is 2. The van der Waals surface area contributed by atoms with Crippen molar-refractivity contribution in [1.29, 1.82) is 0 Å². The molecular formula is C15H19ClFNO4. The summed E-state index contributed by atoms with van der Waals surface area (Å²) in [5.41, 5.74) is 0.334. The summed E-state index contributed by atoms with van der Waals surface area (Å²) in [4.78, 5) is 22.8. The van der Waals surface area contributed by atoms with Crippen molar-refractivity contribution in [2.45, 2.75) is 38.8 Å². The van der Waals surface area contributed by atoms with Crippen LogP contribution in [-0.2, 0) is 14.3 Å². The highest BCUT2D eigenvalue weighted by Crippen LogP contribution is 2.22. The standard InChI is InChI=1S/C15H19ClFNO4/c1-3-9(2)22-8-14(19)18-13(7-15(20)21)10-4-5-11(16)12(17)6-10/h4-6,9,13H,3,7-8H2,1-2H3,(H,18,19)(H,20,21). The van der Waals surface area contributed by atoms with E-state index in [0.717, 1.165) is 12.5 Å². The van der Waals surface area contributed by atoms with Gasteiger partial charge in [-0.1, -0.05) is 24.6 Å². The van der Waals surface area contributed by atoms with Crippen molar-refractivity contribution in [1.82, 2.24) is 5.32 Å². The van der Waals surface area contributed by atoms with Crippen molar-refractivity contribution < 1.29 is 23.8 Å². The number of carbonyl (C=O) groups excluding carboxylic acids is 1. The first kappa shape index (κ1) is 18.4. The molecule has 0 aliphatic rings. The molecule has 0 aliphatic heterocycles. The molecule has 0 aromatic heterocycles. The molecule has 0 radical (unpaired) electrons. The summed E-state index contributed by atoms with van der Waals surface area (Å²) in [6.07, 6.45) is 0.321. The Morgan fingerprint density at radius 1 is 1.45 bits per heavy atom. The van der Waals surface area contributed by atoms with Crippen molar-refractivity contribution >= 4 is 23.5 Å². The minimum absolute atomic E-state index is 0.0655. The molecule has 0 spiro atoms. The number of hydrogen-bond acceptors (Lipinski definition) is 3. The van der Waals surface area contributed by atoms with Gasteiger partial charge in [0.2, 0.25) is 5.91 Å². The number of hydrogen-bond donors (Lipinski definition) is 2. The fourth-order valence-electron chi connectivity index (χ4n) is 1.73. The molecule has 2 N–H and O–H groups in total. The van der Waals surface area contributed by atoms with Crippen molar-refractivity contribution in [3.8, 4) is 0 Å². The number of amides is 1. The number of aliphatic carboxylic acids is 1. The normalized spacial score (nSPS) is 13.5. The lowest BCUT2D eigenvalue weighted by Gasteiger charge is -2.18. The zero-order chi connectivity index (χ0) is 16.7. The fraction of sp³-hybridized carbons (Fsp3) is 0.467. The minimum Gasteiger partial charge on any atom is -0.481 e. The van der Waals surface area contributed by atoms with Crippen LogP contribution in [0.5, 0.6) is 0 Å². The van der Waals surface area contributed by atoms with Crippen LogP contribution in [0.15, 0.2) is 18.2 Å². The average Bonchev–Trinajstić information content (AvgIpc) is 2.46. The van der Waals surface area contributed by atoms with Crippen LogP contribution >= 0.6 is 11.6 Å². The first-order valence-corrected chi connectivity index (χ1v) is 7.29. The topological polar surface area (TPSA) is 75.6 Å². The Morgan fingerprint density at radius 2 is 2.14 bits per heavy atom. The zero-order valence-electron chi connectivity index (χ0n) is 12.4. The Bertz CT molecular complexity index is 538. The highest BCUT2D eigenvalue weighted by molar-refractivity contribution is 6.30. The van der Waals surface area contributed by atoms with Crippen LogP contribution in [0.2, 0.25) is 5.02 Å². The Labute approximate surface area is 133 Å². The molecule has 2 atom stereocenters. The Hall–Kier alpha value is -1.66. The van der Waals surface area contributed by atoms with E-state index in [1.54, 1.807) is 0 Å². The van der Waals surface area contributed by atoms with Gasteiger partial charge in [0.1, 0.15) is 12.4 Å². The van der Waals surface area contributed by atoms with Gasteiger partial charge in [-0.25, -0.2) is 4.39 Å². The summed E-state index contributed by atoms with van der Waals surface area (Å²) in [6.45, 7) is 3.57. The lowest BCUT2D eigenvalue weighted by molar-refractivity contribution is -0.138. The van der Waals surface area contributed by atoms with Gasteiger partial charge in [0.15, 0.2) is 0 Å². The molecule has 22 heavy (non-hydrogen) atoms. The van der Waals surface area contributed by atoms with Gasteiger partial charge in [0.25, 0.3) is 0 Å². The predicted molar refractivity (Wildman–Crippen MR) is 80.3 cm³/mol. The molecule has 0 saturated heterocycles. The Morgan fingerprint density at radius 3 is 2.68 bits per heavy atom. The first-order valence-electron chi connectivity index (χ1n) is 6.91. The number of carboxylic acid groups (broad SMARTS) is 1. The van der Waals surface area contributed by atoms with E-state index in [0.29, 0.717) is 5.56 Å². The van der Waals surface area contributed by atoms with Gasteiger partial charge >= 0.3 is 5.97 Å². The minimum atomic E-state index is -1.11. The van der Waals surface area contributed by atoms with Crippen LogP contribution in [0.1, 0.15) is 38.3 Å². The van der Waals surface area contributed by atoms with E-state index in [1.165, 1.54) is 12.1 Å². The highest BCUT2D eigenvalue weighted by Gasteiger charge is 2.19. The van der Waals surface area contributed by atoms with E-state index < -0.39 is 23.7 Å². The predicted octanol–water partition coefficient (Wildman–Crippen LogP) is 2.93. The van der Waals surface area contributed by atoms with Gasteiger partial charge in [-0.15, -0.1) is 0 Å². The largest absolute Gasteiger partial charge is 0.481 e. The second-order valence-corrected chi connectivity index (χ2v) is 5.33. The van der Waals surface area contributed by atoms with Crippen molar-refractivity contribution in [2.24, 2.45) is 0 Å². The van der Waals surface area contributed by atoms with Crippen LogP contribution in [0, 0.1) is 5.82 Å². The number of ether oxygens (including phenoxy) is 1. The summed E-state index contributed by atoms with van der Waals surface area (Å²) < 4.78 is 18.8. The molecule has 7 heteroatoms. The molecule has 0 aliphatic carbocycles. The maximum absolute atomic E-state index is 13.5. The first-order chi connectivity index (χ1) is 10.3. The van der Waals surface area contributed by atoms with Crippen molar-refractivity contribution in [3.63, 3.8) is 0 Å². The number of benzene rings is 1. The maximum Gasteiger partial charge on any atom is 0.305 e. The van der Waals surface area contributed by atoms with E-state index in [2.05, 4.69) is 5.32 Å². The molecule has 1 aromatic rings. The molecule has 0 saturated carbocycles. The van der Waals surface area contributed by atoms with Gasteiger partial charge in [-0.2, -0.15) is 0 Å². The van der Waals surface area contributed by atoms with Crippen LogP contribution in [-0.4, -0.2) is 29.7 Å². The molecule has 5 nitrogen and oxygen atoms in total. The van der Waals surface area contributed by atoms with Crippen LogP contribution < -0.4 is 5.32 Å². The average molecular weight is 332 g/mol. The van der Waals surface area contributed by atoms with Crippen LogP contribution in [0.3, 0.4) is 0 Å². The van der Waals surface area contributed by atoms with Gasteiger partial charge in [0, 0.05) is 0 Å². The second-order valence-electron chi connectivity index (χ2n) is 4.92. The number of halogens is 2. The number of rotatable bonds is 8. The molecule has 0 heterocycles. The van der Waals surface area contributed by atoms with Crippen LogP contribution in [0.4, 0.5) is 4.39 Å². The molecule has 2 unspecified atom stereocenters. The highest BCUT2D eigenvalue weighted by atomic mass is 35.5. The summed E-state index contributed by atoms with van der Waals surface area (Å²) in [7, 11) is 0. The fourth-order valence-corrected chi connectivity index (χ4v) is 1.85. The SMILES string of the molecule is CCC(C)OCC(=O)NC(CC(=O)O)c1ccc(Cl)c(F)c1.